The second-order valence-corrected chi connectivity index (χ2v) is 8.22. The fraction of sp³-hybridized carbons (Fsp3) is 0.333. The van der Waals surface area contributed by atoms with E-state index in [0.717, 1.165) is 10.5 Å². The molecule has 0 saturated heterocycles. The van der Waals surface area contributed by atoms with E-state index in [9.17, 15) is 14.0 Å². The lowest BCUT2D eigenvalue weighted by Crippen LogP contribution is -2.49. The monoisotopic (exact) mass is 422 g/mol. The van der Waals surface area contributed by atoms with Crippen molar-refractivity contribution in [2.75, 3.05) is 5.75 Å². The summed E-state index contributed by atoms with van der Waals surface area (Å²) in [6.45, 7) is 5.67. The first-order chi connectivity index (χ1) is 13.3. The normalized spacial score (nSPS) is 11.9. The van der Waals surface area contributed by atoms with Crippen LogP contribution in [-0.2, 0) is 16.1 Å². The topological polar surface area (TPSA) is 49.4 Å². The molecule has 0 aliphatic carbocycles. The molecule has 2 rings (SSSR count). The Morgan fingerprint density at radius 2 is 1.68 bits per heavy atom. The van der Waals surface area contributed by atoms with Crippen LogP contribution in [0.15, 0.2) is 53.4 Å². The number of nitrogens with one attached hydrogen (secondary N) is 1. The molecule has 0 saturated carbocycles. The second kappa shape index (κ2) is 10.5. The lowest BCUT2D eigenvalue weighted by atomic mass is 10.1. The zero-order valence-electron chi connectivity index (χ0n) is 16.1. The molecule has 0 aliphatic rings. The van der Waals surface area contributed by atoms with Gasteiger partial charge in [-0.2, -0.15) is 0 Å². The van der Waals surface area contributed by atoms with Gasteiger partial charge in [-0.05, 0) is 62.7 Å². The number of hydrogen-bond acceptors (Lipinski definition) is 3. The van der Waals surface area contributed by atoms with Crippen LogP contribution in [0.25, 0.3) is 0 Å². The Hall–Kier alpha value is -2.05. The molecule has 28 heavy (non-hydrogen) atoms. The number of rotatable bonds is 8. The Bertz CT molecular complexity index is 797. The lowest BCUT2D eigenvalue weighted by Gasteiger charge is -2.29. The maximum atomic E-state index is 13.2. The van der Waals surface area contributed by atoms with Crippen LogP contribution in [0.5, 0.6) is 0 Å². The predicted molar refractivity (Wildman–Crippen MR) is 112 cm³/mol. The van der Waals surface area contributed by atoms with Gasteiger partial charge in [0.2, 0.25) is 11.8 Å². The predicted octanol–water partition coefficient (Wildman–Crippen LogP) is 4.51. The van der Waals surface area contributed by atoms with Gasteiger partial charge in [0.05, 0.1) is 5.75 Å². The zero-order valence-corrected chi connectivity index (χ0v) is 17.7. The Labute approximate surface area is 174 Å². The van der Waals surface area contributed by atoms with Crippen molar-refractivity contribution in [1.29, 1.82) is 0 Å². The number of carbonyl (C=O) groups is 2. The molecule has 4 nitrogen and oxygen atoms in total. The molecule has 2 amide bonds. The Morgan fingerprint density at radius 1 is 1.07 bits per heavy atom. The molecule has 7 heteroatoms. The first kappa shape index (κ1) is 22.2. The summed E-state index contributed by atoms with van der Waals surface area (Å²) in [6, 6.07) is 12.5. The summed E-state index contributed by atoms with van der Waals surface area (Å²) in [5.74, 6) is -0.551. The summed E-state index contributed by atoms with van der Waals surface area (Å²) in [4.78, 5) is 27.8. The van der Waals surface area contributed by atoms with E-state index in [4.69, 9.17) is 11.6 Å². The molecule has 2 aromatic rings. The summed E-state index contributed by atoms with van der Waals surface area (Å²) >= 11 is 7.27. The minimum absolute atomic E-state index is 0.0267. The van der Waals surface area contributed by atoms with Crippen molar-refractivity contribution in [3.8, 4) is 0 Å². The first-order valence-electron chi connectivity index (χ1n) is 8.99. The van der Waals surface area contributed by atoms with Crippen LogP contribution < -0.4 is 5.32 Å². The SMILES string of the molecule is CC(C)NC(=O)C(C)N(Cc1ccc(F)cc1)C(=O)CSc1ccc(Cl)cc1. The molecule has 0 spiro atoms. The van der Waals surface area contributed by atoms with Crippen LogP contribution in [0.3, 0.4) is 0 Å². The Balaban J connectivity index is 2.12. The van der Waals surface area contributed by atoms with Gasteiger partial charge in [0.1, 0.15) is 11.9 Å². The molecule has 0 radical (unpaired) electrons. The van der Waals surface area contributed by atoms with Crippen molar-refractivity contribution in [3.05, 3.63) is 64.9 Å². The van der Waals surface area contributed by atoms with Crippen LogP contribution in [0.1, 0.15) is 26.3 Å². The number of nitrogens with zero attached hydrogens (tertiary/aromatic N) is 1. The van der Waals surface area contributed by atoms with E-state index in [1.54, 1.807) is 31.2 Å². The molecule has 1 unspecified atom stereocenters. The van der Waals surface area contributed by atoms with E-state index >= 15 is 0 Å². The van der Waals surface area contributed by atoms with Gasteiger partial charge in [-0.15, -0.1) is 11.8 Å². The summed E-state index contributed by atoms with van der Waals surface area (Å²) in [6.07, 6.45) is 0. The average molecular weight is 423 g/mol. The molecule has 150 valence electrons. The highest BCUT2D eigenvalue weighted by molar-refractivity contribution is 8.00. The summed E-state index contributed by atoms with van der Waals surface area (Å²) in [7, 11) is 0. The Kier molecular flexibility index (Phi) is 8.33. The van der Waals surface area contributed by atoms with Crippen LogP contribution in [0.2, 0.25) is 5.02 Å². The second-order valence-electron chi connectivity index (χ2n) is 6.73. The molecule has 0 aromatic heterocycles. The van der Waals surface area contributed by atoms with Gasteiger partial charge in [0.15, 0.2) is 0 Å². The fourth-order valence-corrected chi connectivity index (χ4v) is 3.44. The first-order valence-corrected chi connectivity index (χ1v) is 10.3. The minimum Gasteiger partial charge on any atom is -0.352 e. The van der Waals surface area contributed by atoms with E-state index < -0.39 is 6.04 Å². The quantitative estimate of drug-likeness (QED) is 0.636. The van der Waals surface area contributed by atoms with Gasteiger partial charge < -0.3 is 10.2 Å². The van der Waals surface area contributed by atoms with E-state index in [2.05, 4.69) is 5.32 Å². The van der Waals surface area contributed by atoms with Crippen molar-refractivity contribution < 1.29 is 14.0 Å². The number of halogens is 2. The van der Waals surface area contributed by atoms with E-state index in [-0.39, 0.29) is 36.0 Å². The number of amides is 2. The van der Waals surface area contributed by atoms with Crippen LogP contribution in [-0.4, -0.2) is 34.6 Å². The van der Waals surface area contributed by atoms with Crippen molar-refractivity contribution >= 4 is 35.2 Å². The maximum Gasteiger partial charge on any atom is 0.242 e. The average Bonchev–Trinajstić information content (AvgIpc) is 2.65. The Morgan fingerprint density at radius 3 is 2.25 bits per heavy atom. The third kappa shape index (κ3) is 6.84. The van der Waals surface area contributed by atoms with Crippen molar-refractivity contribution in [2.45, 2.75) is 44.3 Å². The van der Waals surface area contributed by atoms with Gasteiger partial charge in [-0.1, -0.05) is 23.7 Å². The molecule has 0 heterocycles. The minimum atomic E-state index is -0.647. The van der Waals surface area contributed by atoms with Crippen molar-refractivity contribution in [1.82, 2.24) is 10.2 Å². The van der Waals surface area contributed by atoms with Crippen molar-refractivity contribution in [3.63, 3.8) is 0 Å². The molecule has 2 aromatic carbocycles. The van der Waals surface area contributed by atoms with E-state index in [1.165, 1.54) is 28.8 Å². The van der Waals surface area contributed by atoms with Gasteiger partial charge >= 0.3 is 0 Å². The molecular formula is C21H24ClFN2O2S. The lowest BCUT2D eigenvalue weighted by molar-refractivity contribution is -0.138. The highest BCUT2D eigenvalue weighted by atomic mass is 35.5. The summed E-state index contributed by atoms with van der Waals surface area (Å²) < 4.78 is 13.2. The van der Waals surface area contributed by atoms with Gasteiger partial charge in [-0.25, -0.2) is 4.39 Å². The summed E-state index contributed by atoms with van der Waals surface area (Å²) in [5, 5.41) is 3.47. The largest absolute Gasteiger partial charge is 0.352 e. The van der Waals surface area contributed by atoms with E-state index in [1.807, 2.05) is 26.0 Å². The highest BCUT2D eigenvalue weighted by Gasteiger charge is 2.26. The van der Waals surface area contributed by atoms with E-state index in [0.29, 0.717) is 5.02 Å². The maximum absolute atomic E-state index is 13.2. The molecule has 1 atom stereocenters. The highest BCUT2D eigenvalue weighted by Crippen LogP contribution is 2.22. The van der Waals surface area contributed by atoms with Crippen molar-refractivity contribution in [2.24, 2.45) is 0 Å². The molecule has 1 N–H and O–H groups in total. The molecule has 0 bridgehead atoms. The van der Waals surface area contributed by atoms with Gasteiger partial charge in [-0.3, -0.25) is 9.59 Å². The van der Waals surface area contributed by atoms with Crippen LogP contribution in [0, 0.1) is 5.82 Å². The third-order valence-electron chi connectivity index (χ3n) is 4.04. The zero-order chi connectivity index (χ0) is 20.7. The molecular weight excluding hydrogens is 399 g/mol. The van der Waals surface area contributed by atoms with Gasteiger partial charge in [0, 0.05) is 22.5 Å². The number of hydrogen-bond donors (Lipinski definition) is 1. The number of benzene rings is 2. The fourth-order valence-electron chi connectivity index (χ4n) is 2.53. The number of thioether (sulfide) groups is 1. The smallest absolute Gasteiger partial charge is 0.242 e. The summed E-state index contributed by atoms with van der Waals surface area (Å²) in [5.41, 5.74) is 0.760. The molecule has 0 aliphatic heterocycles. The van der Waals surface area contributed by atoms with Crippen LogP contribution in [0.4, 0.5) is 4.39 Å². The van der Waals surface area contributed by atoms with Gasteiger partial charge in [0.25, 0.3) is 0 Å². The number of carbonyl (C=O) groups excluding carboxylic acids is 2. The molecule has 0 fully saturated rings. The standard InChI is InChI=1S/C21H24ClFN2O2S/c1-14(2)24-21(27)15(3)25(12-16-4-8-18(23)9-5-16)20(26)13-28-19-10-6-17(22)7-11-19/h4-11,14-15H,12-13H2,1-3H3,(H,24,27). The van der Waals surface area contributed by atoms with Crippen LogP contribution >= 0.6 is 23.4 Å². The third-order valence-corrected chi connectivity index (χ3v) is 5.29.